The molecular weight excluding hydrogens is 264 g/mol. The molecule has 1 aromatic carbocycles. The molecule has 0 radical (unpaired) electrons. The van der Waals surface area contributed by atoms with Gasteiger partial charge < -0.3 is 14.6 Å². The summed E-state index contributed by atoms with van der Waals surface area (Å²) in [4.78, 5) is 0. The molecule has 0 unspecified atom stereocenters. The van der Waals surface area contributed by atoms with Gasteiger partial charge in [-0.2, -0.15) is 0 Å². The maximum absolute atomic E-state index is 8.98. The molecule has 0 aliphatic heterocycles. The third-order valence-corrected chi connectivity index (χ3v) is 3.52. The van der Waals surface area contributed by atoms with E-state index < -0.39 is 0 Å². The van der Waals surface area contributed by atoms with Gasteiger partial charge in [0.2, 0.25) is 0 Å². The Morgan fingerprint density at radius 3 is 2.33 bits per heavy atom. The predicted octanol–water partition coefficient (Wildman–Crippen LogP) is 3.96. The van der Waals surface area contributed by atoms with E-state index in [1.807, 2.05) is 37.3 Å². The van der Waals surface area contributed by atoms with Gasteiger partial charge in [0.1, 0.15) is 5.75 Å². The summed E-state index contributed by atoms with van der Waals surface area (Å²) < 4.78 is 11.3. The highest BCUT2D eigenvalue weighted by molar-refractivity contribution is 5.26. The van der Waals surface area contributed by atoms with Crippen molar-refractivity contribution in [2.24, 2.45) is 5.41 Å². The van der Waals surface area contributed by atoms with Crippen molar-refractivity contribution in [1.82, 2.24) is 0 Å². The Hall–Kier alpha value is -1.32. The number of aliphatic hydroxyl groups excluding tert-OH is 1. The summed E-state index contributed by atoms with van der Waals surface area (Å²) in [5, 5.41) is 8.98. The first kappa shape index (κ1) is 17.7. The average molecular weight is 292 g/mol. The highest BCUT2D eigenvalue weighted by Crippen LogP contribution is 2.28. The highest BCUT2D eigenvalue weighted by Gasteiger charge is 2.25. The summed E-state index contributed by atoms with van der Waals surface area (Å²) in [5.41, 5.74) is 2.35. The number of methoxy groups -OCH3 is 1. The molecule has 0 heterocycles. The Morgan fingerprint density at radius 2 is 1.86 bits per heavy atom. The largest absolute Gasteiger partial charge is 0.497 e. The van der Waals surface area contributed by atoms with Gasteiger partial charge >= 0.3 is 0 Å². The molecule has 0 spiro atoms. The van der Waals surface area contributed by atoms with Crippen LogP contribution in [-0.2, 0) is 11.3 Å². The molecule has 1 N–H and O–H groups in total. The van der Waals surface area contributed by atoms with Crippen molar-refractivity contribution in [2.45, 2.75) is 46.8 Å². The molecule has 0 fully saturated rings. The summed E-state index contributed by atoms with van der Waals surface area (Å²) in [6.07, 6.45) is 2.79. The molecule has 0 aliphatic rings. The fourth-order valence-corrected chi connectivity index (χ4v) is 2.07. The van der Waals surface area contributed by atoms with Gasteiger partial charge in [-0.05, 0) is 36.5 Å². The van der Waals surface area contributed by atoms with E-state index in [2.05, 4.69) is 20.8 Å². The summed E-state index contributed by atoms with van der Waals surface area (Å²) in [6, 6.07) is 7.94. The summed E-state index contributed by atoms with van der Waals surface area (Å²) >= 11 is 0. The Balaban J connectivity index is 2.66. The van der Waals surface area contributed by atoms with Crippen LogP contribution < -0.4 is 4.74 Å². The van der Waals surface area contributed by atoms with Crippen LogP contribution in [0, 0.1) is 5.41 Å². The van der Waals surface area contributed by atoms with Crippen molar-refractivity contribution in [1.29, 1.82) is 0 Å². The molecule has 0 bridgehead atoms. The van der Waals surface area contributed by atoms with E-state index in [1.54, 1.807) is 7.11 Å². The summed E-state index contributed by atoms with van der Waals surface area (Å²) in [5.74, 6) is 0.854. The average Bonchev–Trinajstić information content (AvgIpc) is 2.43. The molecule has 3 heteroatoms. The molecular formula is C18H28O3. The van der Waals surface area contributed by atoms with Crippen LogP contribution in [0.5, 0.6) is 5.75 Å². The summed E-state index contributed by atoms with van der Waals surface area (Å²) in [6.45, 7) is 9.24. The second-order valence-corrected chi connectivity index (χ2v) is 6.45. The molecule has 1 atom stereocenters. The lowest BCUT2D eigenvalue weighted by Gasteiger charge is -2.31. The normalized spacial score (nSPS) is 14.1. The van der Waals surface area contributed by atoms with Crippen LogP contribution in [0.4, 0.5) is 0 Å². The van der Waals surface area contributed by atoms with E-state index in [1.165, 1.54) is 0 Å². The number of hydrogen-bond acceptors (Lipinski definition) is 3. The SMILES string of the molecule is COc1ccc(CO[C@@H](C/C(C)=C\CO)C(C)(C)C)cc1. The first-order valence-electron chi connectivity index (χ1n) is 7.38. The minimum absolute atomic E-state index is 0.0526. The fourth-order valence-electron chi connectivity index (χ4n) is 2.07. The van der Waals surface area contributed by atoms with E-state index in [9.17, 15) is 0 Å². The molecule has 0 aromatic heterocycles. The zero-order chi connectivity index (χ0) is 15.9. The monoisotopic (exact) mass is 292 g/mol. The molecule has 0 amide bonds. The van der Waals surface area contributed by atoms with Gasteiger partial charge in [0.15, 0.2) is 0 Å². The zero-order valence-electron chi connectivity index (χ0n) is 13.8. The first-order chi connectivity index (χ1) is 9.86. The number of ether oxygens (including phenoxy) is 2. The zero-order valence-corrected chi connectivity index (χ0v) is 13.8. The van der Waals surface area contributed by atoms with Crippen LogP contribution in [0.25, 0.3) is 0 Å². The van der Waals surface area contributed by atoms with Crippen molar-refractivity contribution in [2.75, 3.05) is 13.7 Å². The number of hydrogen-bond donors (Lipinski definition) is 1. The predicted molar refractivity (Wildman–Crippen MR) is 86.5 cm³/mol. The van der Waals surface area contributed by atoms with Gasteiger partial charge in [-0.15, -0.1) is 0 Å². The minimum atomic E-state index is 0.0526. The maximum atomic E-state index is 8.98. The smallest absolute Gasteiger partial charge is 0.118 e. The van der Waals surface area contributed by atoms with Crippen LogP contribution >= 0.6 is 0 Å². The van der Waals surface area contributed by atoms with Crippen molar-refractivity contribution < 1.29 is 14.6 Å². The maximum Gasteiger partial charge on any atom is 0.118 e. The third-order valence-electron chi connectivity index (χ3n) is 3.52. The van der Waals surface area contributed by atoms with Crippen molar-refractivity contribution in [3.63, 3.8) is 0 Å². The molecule has 1 aromatic rings. The van der Waals surface area contributed by atoms with Gasteiger partial charge in [0.05, 0.1) is 26.4 Å². The highest BCUT2D eigenvalue weighted by atomic mass is 16.5. The lowest BCUT2D eigenvalue weighted by molar-refractivity contribution is -0.0274. The topological polar surface area (TPSA) is 38.7 Å². The molecule has 0 aliphatic carbocycles. The first-order valence-corrected chi connectivity index (χ1v) is 7.38. The Bertz CT molecular complexity index is 441. The van der Waals surface area contributed by atoms with Gasteiger partial charge in [-0.3, -0.25) is 0 Å². The van der Waals surface area contributed by atoms with Gasteiger partial charge in [0, 0.05) is 0 Å². The molecule has 1 rings (SSSR count). The summed E-state index contributed by atoms with van der Waals surface area (Å²) in [7, 11) is 1.66. The van der Waals surface area contributed by atoms with E-state index in [-0.39, 0.29) is 18.1 Å². The number of aliphatic hydroxyl groups is 1. The number of benzene rings is 1. The van der Waals surface area contributed by atoms with E-state index in [0.717, 1.165) is 23.3 Å². The van der Waals surface area contributed by atoms with Gasteiger partial charge in [-0.1, -0.05) is 44.6 Å². The van der Waals surface area contributed by atoms with Crippen LogP contribution in [0.15, 0.2) is 35.9 Å². The molecule has 3 nitrogen and oxygen atoms in total. The standard InChI is InChI=1S/C18H28O3/c1-14(10-11-19)12-17(18(2,3)4)21-13-15-6-8-16(20-5)9-7-15/h6-10,17,19H,11-13H2,1-5H3/b14-10-/t17-/m0/s1. The molecule has 0 saturated heterocycles. The third kappa shape index (κ3) is 6.32. The van der Waals surface area contributed by atoms with Crippen LogP contribution in [0.2, 0.25) is 0 Å². The van der Waals surface area contributed by atoms with Crippen molar-refractivity contribution in [3.8, 4) is 5.75 Å². The van der Waals surface area contributed by atoms with E-state index in [4.69, 9.17) is 14.6 Å². The van der Waals surface area contributed by atoms with Gasteiger partial charge in [-0.25, -0.2) is 0 Å². The molecule has 21 heavy (non-hydrogen) atoms. The second-order valence-electron chi connectivity index (χ2n) is 6.45. The quantitative estimate of drug-likeness (QED) is 0.773. The van der Waals surface area contributed by atoms with Crippen LogP contribution in [-0.4, -0.2) is 24.9 Å². The fraction of sp³-hybridized carbons (Fsp3) is 0.556. The Kier molecular flexibility index (Phi) is 6.93. The Labute approximate surface area is 128 Å². The number of rotatable bonds is 7. The molecule has 0 saturated carbocycles. The molecule has 118 valence electrons. The van der Waals surface area contributed by atoms with Crippen LogP contribution in [0.3, 0.4) is 0 Å². The lowest BCUT2D eigenvalue weighted by Crippen LogP contribution is -2.29. The van der Waals surface area contributed by atoms with E-state index in [0.29, 0.717) is 6.61 Å². The lowest BCUT2D eigenvalue weighted by atomic mass is 9.85. The van der Waals surface area contributed by atoms with Crippen molar-refractivity contribution >= 4 is 0 Å². The Morgan fingerprint density at radius 1 is 1.24 bits per heavy atom. The van der Waals surface area contributed by atoms with Gasteiger partial charge in [0.25, 0.3) is 0 Å². The second kappa shape index (κ2) is 8.20. The van der Waals surface area contributed by atoms with Crippen molar-refractivity contribution in [3.05, 3.63) is 41.5 Å². The minimum Gasteiger partial charge on any atom is -0.497 e. The van der Waals surface area contributed by atoms with Crippen LogP contribution in [0.1, 0.15) is 39.7 Å². The van der Waals surface area contributed by atoms with E-state index >= 15 is 0 Å².